The van der Waals surface area contributed by atoms with Gasteiger partial charge in [-0.25, -0.2) is 4.79 Å². The Kier molecular flexibility index (Phi) is 5.82. The fourth-order valence-electron chi connectivity index (χ4n) is 0.535. The van der Waals surface area contributed by atoms with E-state index in [0.717, 1.165) is 0 Å². The largest absolute Gasteiger partial charge is 0.464 e. The van der Waals surface area contributed by atoms with Gasteiger partial charge in [-0.05, 0) is 27.7 Å². The Hall–Kier alpha value is -0.130. The van der Waals surface area contributed by atoms with Gasteiger partial charge in [0.2, 0.25) is 0 Å². The molecule has 0 fully saturated rings. The Bertz CT molecular complexity index is 175. The summed E-state index contributed by atoms with van der Waals surface area (Å²) in [4.78, 5) is 11.2. The van der Waals surface area contributed by atoms with Crippen molar-refractivity contribution in [2.45, 2.75) is 38.8 Å². The minimum absolute atomic E-state index is 0. The van der Waals surface area contributed by atoms with E-state index >= 15 is 0 Å². The van der Waals surface area contributed by atoms with Gasteiger partial charge in [0, 0.05) is 5.54 Å². The van der Waals surface area contributed by atoms with E-state index in [9.17, 15) is 9.90 Å². The summed E-state index contributed by atoms with van der Waals surface area (Å²) >= 11 is 0. The molecule has 0 aromatic carbocycles. The highest BCUT2D eigenvalue weighted by Gasteiger charge is 2.44. The Morgan fingerprint density at radius 1 is 1.46 bits per heavy atom. The first-order valence-corrected chi connectivity index (χ1v) is 3.92. The summed E-state index contributed by atoms with van der Waals surface area (Å²) < 4.78 is 4.66. The molecular formula is C8H18BrNO3. The quantitative estimate of drug-likeness (QED) is 0.726. The third-order valence-electron chi connectivity index (χ3n) is 1.93. The van der Waals surface area contributed by atoms with E-state index < -0.39 is 17.1 Å². The first-order valence-electron chi connectivity index (χ1n) is 3.92. The van der Waals surface area contributed by atoms with Crippen LogP contribution in [0.4, 0.5) is 0 Å². The van der Waals surface area contributed by atoms with Gasteiger partial charge in [-0.1, -0.05) is 0 Å². The highest BCUT2D eigenvalue weighted by atomic mass is 79.9. The third-order valence-corrected chi connectivity index (χ3v) is 1.93. The molecular weight excluding hydrogens is 238 g/mol. The summed E-state index contributed by atoms with van der Waals surface area (Å²) in [6.07, 6.45) is 0. The molecule has 5 heteroatoms. The second-order valence-electron chi connectivity index (χ2n) is 3.51. The number of carbonyl (C=O) groups is 1. The van der Waals surface area contributed by atoms with Crippen LogP contribution in [-0.2, 0) is 9.53 Å². The second kappa shape index (κ2) is 4.93. The molecule has 0 bridgehead atoms. The molecule has 4 nitrogen and oxygen atoms in total. The van der Waals surface area contributed by atoms with Crippen LogP contribution in [0.15, 0.2) is 0 Å². The predicted octanol–water partition coefficient (Wildman–Crippen LogP) is 0.616. The first-order chi connectivity index (χ1) is 5.23. The lowest BCUT2D eigenvalue weighted by molar-refractivity contribution is -0.169. The smallest absolute Gasteiger partial charge is 0.339 e. The van der Waals surface area contributed by atoms with Gasteiger partial charge < -0.3 is 15.6 Å². The molecule has 0 aromatic rings. The highest BCUT2D eigenvalue weighted by Crippen LogP contribution is 2.19. The average molecular weight is 256 g/mol. The number of nitrogens with two attached hydrogens (primary N) is 1. The number of rotatable bonds is 3. The van der Waals surface area contributed by atoms with Crippen molar-refractivity contribution in [2.75, 3.05) is 6.61 Å². The fraction of sp³-hybridized carbons (Fsp3) is 0.875. The van der Waals surface area contributed by atoms with Crippen LogP contribution in [-0.4, -0.2) is 28.8 Å². The van der Waals surface area contributed by atoms with Crippen LogP contribution in [0.3, 0.4) is 0 Å². The average Bonchev–Trinajstić information content (AvgIpc) is 1.85. The van der Waals surface area contributed by atoms with Crippen LogP contribution in [0.25, 0.3) is 0 Å². The van der Waals surface area contributed by atoms with Crippen molar-refractivity contribution in [2.24, 2.45) is 5.73 Å². The van der Waals surface area contributed by atoms with Gasteiger partial charge in [0.25, 0.3) is 0 Å². The minimum atomic E-state index is -1.64. The van der Waals surface area contributed by atoms with E-state index in [-0.39, 0.29) is 23.6 Å². The number of carbonyl (C=O) groups excluding carboxylic acids is 1. The molecule has 0 aliphatic carbocycles. The highest BCUT2D eigenvalue weighted by molar-refractivity contribution is 8.93. The summed E-state index contributed by atoms with van der Waals surface area (Å²) in [5.74, 6) is -0.683. The van der Waals surface area contributed by atoms with Crippen molar-refractivity contribution in [3.8, 4) is 0 Å². The normalized spacial score (nSPS) is 15.5. The molecule has 0 amide bonds. The van der Waals surface area contributed by atoms with Gasteiger partial charge in [0.1, 0.15) is 0 Å². The van der Waals surface area contributed by atoms with Crippen LogP contribution < -0.4 is 5.73 Å². The van der Waals surface area contributed by atoms with Crippen molar-refractivity contribution in [3.05, 3.63) is 0 Å². The maximum atomic E-state index is 11.2. The van der Waals surface area contributed by atoms with Crippen molar-refractivity contribution in [3.63, 3.8) is 0 Å². The molecule has 0 saturated carbocycles. The molecule has 0 saturated heterocycles. The summed E-state index contributed by atoms with van der Waals surface area (Å²) in [6, 6.07) is 0. The van der Waals surface area contributed by atoms with Gasteiger partial charge in [-0.2, -0.15) is 0 Å². The summed E-state index contributed by atoms with van der Waals surface area (Å²) in [6.45, 7) is 6.42. The SMILES string of the molecule is Br.CCOC(=O)C(C)(O)C(C)(C)N. The van der Waals surface area contributed by atoms with E-state index in [1.54, 1.807) is 20.8 Å². The molecule has 1 atom stereocenters. The molecule has 0 radical (unpaired) electrons. The van der Waals surface area contributed by atoms with Crippen LogP contribution in [0, 0.1) is 0 Å². The van der Waals surface area contributed by atoms with Gasteiger partial charge in [-0.15, -0.1) is 17.0 Å². The maximum absolute atomic E-state index is 11.2. The Morgan fingerprint density at radius 2 is 1.85 bits per heavy atom. The van der Waals surface area contributed by atoms with Gasteiger partial charge in [-0.3, -0.25) is 0 Å². The molecule has 1 unspecified atom stereocenters. The number of aliphatic hydroxyl groups is 1. The van der Waals surface area contributed by atoms with Crippen LogP contribution >= 0.6 is 17.0 Å². The molecule has 0 heterocycles. The Labute approximate surface area is 89.2 Å². The maximum Gasteiger partial charge on any atom is 0.339 e. The fourth-order valence-corrected chi connectivity index (χ4v) is 0.535. The van der Waals surface area contributed by atoms with E-state index in [1.807, 2.05) is 0 Å². The standard InChI is InChI=1S/C8H17NO3.BrH/c1-5-12-6(10)8(4,11)7(2,3)9;/h11H,5,9H2,1-4H3;1H. The topological polar surface area (TPSA) is 72.5 Å². The van der Waals surface area contributed by atoms with Crippen molar-refractivity contribution >= 4 is 23.0 Å². The van der Waals surface area contributed by atoms with E-state index in [1.165, 1.54) is 6.92 Å². The lowest BCUT2D eigenvalue weighted by atomic mass is 9.85. The lowest BCUT2D eigenvalue weighted by Crippen LogP contribution is -2.59. The Morgan fingerprint density at radius 3 is 2.08 bits per heavy atom. The van der Waals surface area contributed by atoms with Gasteiger partial charge >= 0.3 is 5.97 Å². The molecule has 0 aliphatic heterocycles. The van der Waals surface area contributed by atoms with Crippen LogP contribution in [0.2, 0.25) is 0 Å². The van der Waals surface area contributed by atoms with Gasteiger partial charge in [0.15, 0.2) is 5.60 Å². The molecule has 3 N–H and O–H groups in total. The summed E-state index contributed by atoms with van der Waals surface area (Å²) in [7, 11) is 0. The first kappa shape index (κ1) is 15.3. The van der Waals surface area contributed by atoms with Gasteiger partial charge in [0.05, 0.1) is 6.61 Å². The van der Waals surface area contributed by atoms with Crippen molar-refractivity contribution < 1.29 is 14.6 Å². The van der Waals surface area contributed by atoms with E-state index in [4.69, 9.17) is 5.73 Å². The molecule has 0 rings (SSSR count). The number of esters is 1. The number of ether oxygens (including phenoxy) is 1. The monoisotopic (exact) mass is 255 g/mol. The molecule has 0 aliphatic rings. The van der Waals surface area contributed by atoms with E-state index in [2.05, 4.69) is 4.74 Å². The number of hydrogen-bond donors (Lipinski definition) is 2. The van der Waals surface area contributed by atoms with Crippen molar-refractivity contribution in [1.82, 2.24) is 0 Å². The molecule has 0 aromatic heterocycles. The number of halogens is 1. The zero-order chi connectivity index (χ0) is 9.99. The summed E-state index contributed by atoms with van der Waals surface area (Å²) in [5.41, 5.74) is 2.96. The predicted molar refractivity (Wildman–Crippen MR) is 55.8 cm³/mol. The zero-order valence-corrected chi connectivity index (χ0v) is 10.2. The molecule has 0 spiro atoms. The van der Waals surface area contributed by atoms with Crippen LogP contribution in [0.1, 0.15) is 27.7 Å². The summed E-state index contributed by atoms with van der Waals surface area (Å²) in [5, 5.41) is 9.65. The number of hydrogen-bond acceptors (Lipinski definition) is 4. The molecule has 80 valence electrons. The molecule has 13 heavy (non-hydrogen) atoms. The second-order valence-corrected chi connectivity index (χ2v) is 3.51. The van der Waals surface area contributed by atoms with Crippen molar-refractivity contribution in [1.29, 1.82) is 0 Å². The minimum Gasteiger partial charge on any atom is -0.464 e. The zero-order valence-electron chi connectivity index (χ0n) is 8.46. The lowest BCUT2D eigenvalue weighted by Gasteiger charge is -2.33. The van der Waals surface area contributed by atoms with E-state index in [0.29, 0.717) is 0 Å². The Balaban J connectivity index is 0. The van der Waals surface area contributed by atoms with Crippen LogP contribution in [0.5, 0.6) is 0 Å². The third kappa shape index (κ3) is 3.62.